The Morgan fingerprint density at radius 2 is 1.12 bits per heavy atom. The van der Waals surface area contributed by atoms with Crippen molar-refractivity contribution in [3.8, 4) is 0 Å². The second-order valence-electron chi connectivity index (χ2n) is 10.4. The lowest BCUT2D eigenvalue weighted by Crippen LogP contribution is -2.65. The normalized spacial score (nSPS) is 31.5. The fraction of sp³-hybridized carbons (Fsp3) is 0.708. The van der Waals surface area contributed by atoms with Gasteiger partial charge in [0.1, 0.15) is 0 Å². The lowest BCUT2D eigenvalue weighted by molar-refractivity contribution is -0.410. The molecule has 1 N–H and O–H groups in total. The van der Waals surface area contributed by atoms with E-state index in [0.29, 0.717) is 13.8 Å². The molecule has 0 aromatic heterocycles. The largest absolute Gasteiger partial charge is 0.462 e. The summed E-state index contributed by atoms with van der Waals surface area (Å²) in [7, 11) is 0. The van der Waals surface area contributed by atoms with Gasteiger partial charge >= 0.3 is 53.7 Å². The van der Waals surface area contributed by atoms with Gasteiger partial charge in [0.2, 0.25) is 11.2 Å². The smallest absolute Gasteiger partial charge is 0.447 e. The van der Waals surface area contributed by atoms with Crippen LogP contribution in [-0.2, 0) is 38.1 Å². The van der Waals surface area contributed by atoms with Gasteiger partial charge in [-0.1, -0.05) is 27.0 Å². The fourth-order valence-electron chi connectivity index (χ4n) is 3.25. The highest BCUT2D eigenvalue weighted by Gasteiger charge is 2.86. The quantitative estimate of drug-likeness (QED) is 0.188. The summed E-state index contributed by atoms with van der Waals surface area (Å²) in [5.74, 6) is -24.3. The topological polar surface area (TPSA) is 118 Å². The number of rotatable bonds is 6. The number of esters is 3. The van der Waals surface area contributed by atoms with E-state index < -0.39 is 84.0 Å². The van der Waals surface area contributed by atoms with Crippen molar-refractivity contribution in [2.24, 2.45) is 5.92 Å². The van der Waals surface area contributed by atoms with Crippen LogP contribution in [0.4, 0.5) is 43.9 Å². The van der Waals surface area contributed by atoms with Crippen molar-refractivity contribution in [2.45, 2.75) is 88.5 Å². The average Bonchev–Trinajstić information content (AvgIpc) is 3.13. The lowest BCUT2D eigenvalue weighted by atomic mass is 9.93. The van der Waals surface area contributed by atoms with Gasteiger partial charge in [0.25, 0.3) is 0 Å². The summed E-state index contributed by atoms with van der Waals surface area (Å²) >= 11 is 0. The number of aliphatic hydroxyl groups is 1. The zero-order valence-electron chi connectivity index (χ0n) is 23.4. The summed E-state index contributed by atoms with van der Waals surface area (Å²) in [5.41, 5.74) is -6.53. The predicted octanol–water partition coefficient (Wildman–Crippen LogP) is 4.77. The molecule has 4 unspecified atom stereocenters. The van der Waals surface area contributed by atoms with Crippen molar-refractivity contribution in [3.05, 3.63) is 24.3 Å². The van der Waals surface area contributed by atoms with E-state index in [2.05, 4.69) is 36.8 Å². The van der Waals surface area contributed by atoms with Crippen molar-refractivity contribution < 1.29 is 87.1 Å². The van der Waals surface area contributed by atoms with E-state index in [4.69, 9.17) is 5.11 Å². The molecule has 2 aliphatic rings. The third-order valence-corrected chi connectivity index (χ3v) is 6.08. The molecule has 2 saturated heterocycles. The fourth-order valence-corrected chi connectivity index (χ4v) is 3.25. The van der Waals surface area contributed by atoms with E-state index in [0.717, 1.165) is 13.8 Å². The summed E-state index contributed by atoms with van der Waals surface area (Å²) in [6.45, 7) is 9.34. The predicted molar refractivity (Wildman–Crippen MR) is 121 cm³/mol. The first kappa shape index (κ1) is 38.1. The molecular weight excluding hydrogens is 622 g/mol. The van der Waals surface area contributed by atoms with Crippen LogP contribution in [0.3, 0.4) is 0 Å². The molecule has 0 spiro atoms. The van der Waals surface area contributed by atoms with E-state index in [1.54, 1.807) is 0 Å². The molecular formula is C24H28F10O9. The van der Waals surface area contributed by atoms with Crippen LogP contribution in [-0.4, -0.2) is 83.2 Å². The van der Waals surface area contributed by atoms with Gasteiger partial charge in [-0.15, -0.1) is 0 Å². The molecule has 19 heteroatoms. The Morgan fingerprint density at radius 3 is 1.42 bits per heavy atom. The van der Waals surface area contributed by atoms with Gasteiger partial charge in [0, 0.05) is 11.1 Å². The molecule has 248 valence electrons. The van der Waals surface area contributed by atoms with E-state index in [1.807, 2.05) is 0 Å². The first-order chi connectivity index (χ1) is 18.9. The highest BCUT2D eigenvalue weighted by Crippen LogP contribution is 2.57. The van der Waals surface area contributed by atoms with Crippen molar-refractivity contribution >= 4 is 17.9 Å². The molecule has 2 rings (SSSR count). The van der Waals surface area contributed by atoms with E-state index in [1.165, 1.54) is 13.8 Å². The molecule has 0 aliphatic carbocycles. The molecule has 4 atom stereocenters. The zero-order valence-corrected chi connectivity index (χ0v) is 23.4. The number of hydrogen-bond acceptors (Lipinski definition) is 9. The number of ether oxygens (including phenoxy) is 5. The molecule has 43 heavy (non-hydrogen) atoms. The van der Waals surface area contributed by atoms with E-state index >= 15 is 0 Å². The van der Waals surface area contributed by atoms with Crippen LogP contribution in [0.25, 0.3) is 0 Å². The summed E-state index contributed by atoms with van der Waals surface area (Å²) in [6.07, 6.45) is -11.5. The molecule has 0 aromatic carbocycles. The second kappa shape index (κ2) is 11.5. The first-order valence-electron chi connectivity index (χ1n) is 11.8. The molecule has 0 amide bonds. The Hall–Kier alpha value is -2.93. The third kappa shape index (κ3) is 6.33. The zero-order chi connectivity index (χ0) is 34.4. The van der Waals surface area contributed by atoms with Crippen molar-refractivity contribution in [1.82, 2.24) is 0 Å². The van der Waals surface area contributed by atoms with Gasteiger partial charge in [-0.2, -0.15) is 43.9 Å². The molecule has 2 fully saturated rings. The highest BCUT2D eigenvalue weighted by molar-refractivity contribution is 5.87. The van der Waals surface area contributed by atoms with Gasteiger partial charge in [-0.25, -0.2) is 9.59 Å². The van der Waals surface area contributed by atoms with E-state index in [9.17, 15) is 58.3 Å². The third-order valence-electron chi connectivity index (χ3n) is 6.08. The lowest BCUT2D eigenvalue weighted by Gasteiger charge is -2.38. The van der Waals surface area contributed by atoms with Crippen LogP contribution in [0.15, 0.2) is 24.3 Å². The van der Waals surface area contributed by atoms with Gasteiger partial charge < -0.3 is 28.8 Å². The Bertz CT molecular complexity index is 1150. The molecule has 0 radical (unpaired) electrons. The summed E-state index contributed by atoms with van der Waals surface area (Å²) in [4.78, 5) is 34.2. The highest BCUT2D eigenvalue weighted by atomic mass is 19.4. The molecule has 2 heterocycles. The average molecular weight is 650 g/mol. The number of hydrogen-bond donors (Lipinski definition) is 1. The Kier molecular flexibility index (Phi) is 10.2. The van der Waals surface area contributed by atoms with Gasteiger partial charge in [-0.05, 0) is 27.7 Å². The maximum Gasteiger partial charge on any atom is 0.462 e. The summed E-state index contributed by atoms with van der Waals surface area (Å²) in [5, 5.41) is 9.03. The minimum Gasteiger partial charge on any atom is -0.447 e. The van der Waals surface area contributed by atoms with Crippen LogP contribution in [0.1, 0.15) is 41.5 Å². The first-order valence-corrected chi connectivity index (χ1v) is 11.8. The molecule has 2 aliphatic heterocycles. The second-order valence-corrected chi connectivity index (χ2v) is 10.4. The Labute approximate surface area is 237 Å². The number of halogens is 10. The number of carbonyl (C=O) groups excluding carboxylic acids is 3. The van der Waals surface area contributed by atoms with Gasteiger partial charge in [0.15, 0.2) is 0 Å². The van der Waals surface area contributed by atoms with Gasteiger partial charge in [0.05, 0.1) is 19.1 Å². The maximum absolute atomic E-state index is 14.6. The number of carbonyl (C=O) groups is 3. The van der Waals surface area contributed by atoms with Crippen LogP contribution < -0.4 is 0 Å². The Balaban J connectivity index is 0.000000442. The molecule has 0 saturated carbocycles. The minimum atomic E-state index is -5.77. The minimum absolute atomic E-state index is 0.278. The monoisotopic (exact) mass is 650 g/mol. The maximum atomic E-state index is 14.6. The number of alkyl halides is 10. The molecule has 9 nitrogen and oxygen atoms in total. The van der Waals surface area contributed by atoms with Crippen LogP contribution in [0.2, 0.25) is 0 Å². The molecule has 0 bridgehead atoms. The van der Waals surface area contributed by atoms with Crippen LogP contribution >= 0.6 is 0 Å². The van der Waals surface area contributed by atoms with Crippen LogP contribution in [0.5, 0.6) is 0 Å². The van der Waals surface area contributed by atoms with Crippen molar-refractivity contribution in [3.63, 3.8) is 0 Å². The summed E-state index contributed by atoms with van der Waals surface area (Å²) < 4.78 is 155. The molecule has 0 aromatic rings. The van der Waals surface area contributed by atoms with Crippen molar-refractivity contribution in [1.29, 1.82) is 0 Å². The Morgan fingerprint density at radius 1 is 0.744 bits per heavy atom. The standard InChI is InChI=1S/C14H17F5O5.C10H11F5O4/c1-7(2)9(20)23-11(5)6-22-13(12(11,15)16,14(17,18)19)24-10(21)8(3)4;1-5(2)6(16)19-7(3)4-18-9(17,8(7,11)12)10(13,14)15/h8H,1,6H2,2-5H3;17H,1,4H2,2-3H3. The van der Waals surface area contributed by atoms with E-state index in [-0.39, 0.29) is 11.1 Å². The SMILES string of the molecule is C=C(C)C(=O)OC1(C)COC(O)(C(F)(F)F)C1(F)F.C=C(C)C(=O)OC1(C)COC(OC(=O)C(C)C)(C(F)(F)F)C1(F)F. The summed E-state index contributed by atoms with van der Waals surface area (Å²) in [6, 6.07) is 0. The van der Waals surface area contributed by atoms with Crippen LogP contribution in [0, 0.1) is 5.92 Å². The van der Waals surface area contributed by atoms with Gasteiger partial charge in [-0.3, -0.25) is 4.79 Å². The van der Waals surface area contributed by atoms with Crippen molar-refractivity contribution in [2.75, 3.05) is 13.2 Å².